The van der Waals surface area contributed by atoms with Gasteiger partial charge in [0.15, 0.2) is 17.5 Å². The Bertz CT molecular complexity index is 2330. The minimum Gasteiger partial charge on any atom is -0.277 e. The van der Waals surface area contributed by atoms with Crippen LogP contribution in [0.2, 0.25) is 0 Å². The number of rotatable bonds is 11. The van der Waals surface area contributed by atoms with Crippen molar-refractivity contribution in [1.82, 2.24) is 19.9 Å². The molecule has 0 amide bonds. The molecule has 0 aliphatic rings. The van der Waals surface area contributed by atoms with Crippen LogP contribution >= 0.6 is 0 Å². The molecule has 0 saturated heterocycles. The van der Waals surface area contributed by atoms with Crippen LogP contribution in [0, 0.1) is 6.92 Å². The molecule has 0 aliphatic heterocycles. The van der Waals surface area contributed by atoms with Crippen molar-refractivity contribution in [3.8, 4) is 45.3 Å². The van der Waals surface area contributed by atoms with E-state index in [-0.39, 0.29) is 6.04 Å². The number of aryl methyl sites for hydroxylation is 2. The Balaban J connectivity index is 1.23. The lowest BCUT2D eigenvalue weighted by Gasteiger charge is -2.11. The molecule has 7 aromatic rings. The Morgan fingerprint density at radius 2 is 1.19 bits per heavy atom. The highest BCUT2D eigenvalue weighted by atomic mass is 15.0. The van der Waals surface area contributed by atoms with Crippen LogP contribution in [0.15, 0.2) is 163 Å². The highest BCUT2D eigenvalue weighted by Gasteiger charge is 2.15. The van der Waals surface area contributed by atoms with Crippen molar-refractivity contribution in [1.29, 1.82) is 0 Å². The zero-order valence-corrected chi connectivity index (χ0v) is 29.8. The van der Waals surface area contributed by atoms with E-state index in [1.54, 1.807) is 0 Å². The van der Waals surface area contributed by atoms with Gasteiger partial charge in [-0.2, -0.15) is 0 Å². The Morgan fingerprint density at radius 3 is 1.90 bits per heavy atom. The first-order valence-corrected chi connectivity index (χ1v) is 17.9. The summed E-state index contributed by atoms with van der Waals surface area (Å²) in [6.07, 6.45) is 6.25. The molecular weight excluding hydrogens is 635 g/mol. The fourth-order valence-corrected chi connectivity index (χ4v) is 6.26. The molecule has 0 radical (unpaired) electrons. The molecule has 7 rings (SSSR count). The summed E-state index contributed by atoms with van der Waals surface area (Å²) in [7, 11) is 0. The summed E-state index contributed by atoms with van der Waals surface area (Å²) >= 11 is 0. The molecule has 0 fully saturated rings. The molecule has 5 heteroatoms. The van der Waals surface area contributed by atoms with Gasteiger partial charge in [-0.1, -0.05) is 147 Å². The predicted molar refractivity (Wildman–Crippen MR) is 215 cm³/mol. The SMILES string of the molecule is CCCc1ccc(-c2nc(-c3ccccc3)nc(-c3cccc(-c4cccc(/C=C/C(=N\C(C)c5ccccc5)c5ccccc5)c4)c3)n2)c(C)n1. The molecule has 2 heterocycles. The summed E-state index contributed by atoms with van der Waals surface area (Å²) in [4.78, 5) is 25.0. The third kappa shape index (κ3) is 8.17. The summed E-state index contributed by atoms with van der Waals surface area (Å²) < 4.78 is 0. The van der Waals surface area contributed by atoms with Gasteiger partial charge >= 0.3 is 0 Å². The quantitative estimate of drug-likeness (QED) is 0.128. The molecule has 5 nitrogen and oxygen atoms in total. The van der Waals surface area contributed by atoms with Crippen LogP contribution in [0.25, 0.3) is 51.4 Å². The van der Waals surface area contributed by atoms with Crippen molar-refractivity contribution in [3.05, 3.63) is 186 Å². The first-order chi connectivity index (χ1) is 25.5. The molecular formula is C47H41N5. The van der Waals surface area contributed by atoms with Crippen LogP contribution in [0.4, 0.5) is 0 Å². The number of aromatic nitrogens is 4. The van der Waals surface area contributed by atoms with Gasteiger partial charge in [0.1, 0.15) is 0 Å². The lowest BCUT2D eigenvalue weighted by atomic mass is 10.00. The smallest absolute Gasteiger partial charge is 0.165 e. The Hall–Kier alpha value is -6.33. The fourth-order valence-electron chi connectivity index (χ4n) is 6.26. The summed E-state index contributed by atoms with van der Waals surface area (Å²) in [6, 6.07) is 52.0. The summed E-state index contributed by atoms with van der Waals surface area (Å²) in [5.74, 6) is 1.87. The van der Waals surface area contributed by atoms with Gasteiger partial charge in [-0.05, 0) is 78.4 Å². The van der Waals surface area contributed by atoms with E-state index in [0.29, 0.717) is 17.5 Å². The fraction of sp³-hybridized carbons (Fsp3) is 0.128. The molecule has 1 unspecified atom stereocenters. The van der Waals surface area contributed by atoms with Crippen molar-refractivity contribution in [3.63, 3.8) is 0 Å². The normalized spacial score (nSPS) is 12.2. The number of hydrogen-bond donors (Lipinski definition) is 0. The maximum absolute atomic E-state index is 5.14. The number of benzene rings is 5. The summed E-state index contributed by atoms with van der Waals surface area (Å²) in [6.45, 7) is 6.33. The van der Waals surface area contributed by atoms with Crippen molar-refractivity contribution in [2.45, 2.75) is 39.7 Å². The van der Waals surface area contributed by atoms with E-state index < -0.39 is 0 Å². The number of hydrogen-bond acceptors (Lipinski definition) is 5. The standard InChI is InChI=1S/C47H41N5/c1-4-16-42-28-29-43(34(3)48-42)47-51-45(38-22-12-7-13-23-38)50-46(52-47)41-26-15-25-40(32-41)39-24-14-17-35(31-39)27-30-44(37-20-10-6-11-21-37)49-33(2)36-18-8-5-9-19-36/h5-15,17-33H,4,16H2,1-3H3/b30-27+,49-44+. The van der Waals surface area contributed by atoms with E-state index in [2.05, 4.69) is 135 Å². The average molecular weight is 676 g/mol. The number of aliphatic imine (C=N–C) groups is 1. The molecule has 0 spiro atoms. The number of pyridine rings is 1. The van der Waals surface area contributed by atoms with Gasteiger partial charge in [0.25, 0.3) is 0 Å². The van der Waals surface area contributed by atoms with E-state index in [9.17, 15) is 0 Å². The van der Waals surface area contributed by atoms with Crippen LogP contribution in [-0.2, 0) is 6.42 Å². The third-order valence-corrected chi connectivity index (χ3v) is 9.02. The zero-order chi connectivity index (χ0) is 35.7. The van der Waals surface area contributed by atoms with Crippen LogP contribution in [0.3, 0.4) is 0 Å². The molecule has 0 aliphatic carbocycles. The maximum Gasteiger partial charge on any atom is 0.165 e. The van der Waals surface area contributed by atoms with Gasteiger partial charge in [0.2, 0.25) is 0 Å². The molecule has 0 N–H and O–H groups in total. The van der Waals surface area contributed by atoms with Gasteiger partial charge in [-0.3, -0.25) is 9.98 Å². The maximum atomic E-state index is 5.14. The average Bonchev–Trinajstić information content (AvgIpc) is 3.20. The molecule has 254 valence electrons. The molecule has 1 atom stereocenters. The van der Waals surface area contributed by atoms with Crippen LogP contribution in [-0.4, -0.2) is 25.6 Å². The van der Waals surface area contributed by atoms with Gasteiger partial charge in [0.05, 0.1) is 11.8 Å². The predicted octanol–water partition coefficient (Wildman–Crippen LogP) is 11.5. The first-order valence-electron chi connectivity index (χ1n) is 17.9. The van der Waals surface area contributed by atoms with Gasteiger partial charge in [0, 0.05) is 28.1 Å². The minimum atomic E-state index is 0.0223. The van der Waals surface area contributed by atoms with E-state index in [1.807, 2.05) is 49.4 Å². The summed E-state index contributed by atoms with van der Waals surface area (Å²) in [5.41, 5.74) is 11.2. The van der Waals surface area contributed by atoms with Crippen molar-refractivity contribution in [2.75, 3.05) is 0 Å². The van der Waals surface area contributed by atoms with Crippen LogP contribution in [0.1, 0.15) is 54.4 Å². The Kier molecular flexibility index (Phi) is 10.6. The highest BCUT2D eigenvalue weighted by molar-refractivity contribution is 6.10. The van der Waals surface area contributed by atoms with Crippen LogP contribution in [0.5, 0.6) is 0 Å². The second kappa shape index (κ2) is 16.1. The third-order valence-electron chi connectivity index (χ3n) is 9.02. The molecule has 0 bridgehead atoms. The second-order valence-electron chi connectivity index (χ2n) is 12.9. The monoisotopic (exact) mass is 675 g/mol. The highest BCUT2D eigenvalue weighted by Crippen LogP contribution is 2.30. The zero-order valence-electron chi connectivity index (χ0n) is 29.8. The number of allylic oxidation sites excluding steroid dienone is 1. The van der Waals surface area contributed by atoms with E-state index in [0.717, 1.165) is 68.9 Å². The Morgan fingerprint density at radius 1 is 0.596 bits per heavy atom. The largest absolute Gasteiger partial charge is 0.277 e. The molecule has 5 aromatic carbocycles. The van der Waals surface area contributed by atoms with Crippen molar-refractivity contribution < 1.29 is 0 Å². The second-order valence-corrected chi connectivity index (χ2v) is 12.9. The first kappa shape index (κ1) is 34.1. The topological polar surface area (TPSA) is 63.9 Å². The van der Waals surface area contributed by atoms with Gasteiger partial charge in [-0.15, -0.1) is 0 Å². The molecule has 0 saturated carbocycles. The Labute approximate surface area is 306 Å². The van der Waals surface area contributed by atoms with Crippen molar-refractivity contribution >= 4 is 11.8 Å². The lowest BCUT2D eigenvalue weighted by molar-refractivity contribution is 0.822. The van der Waals surface area contributed by atoms with E-state index in [4.69, 9.17) is 24.9 Å². The van der Waals surface area contributed by atoms with E-state index in [1.165, 1.54) is 5.56 Å². The van der Waals surface area contributed by atoms with E-state index >= 15 is 0 Å². The van der Waals surface area contributed by atoms with Crippen LogP contribution < -0.4 is 0 Å². The number of nitrogens with zero attached hydrogens (tertiary/aromatic N) is 5. The minimum absolute atomic E-state index is 0.0223. The molecule has 2 aromatic heterocycles. The van der Waals surface area contributed by atoms with Crippen molar-refractivity contribution in [2.24, 2.45) is 4.99 Å². The lowest BCUT2D eigenvalue weighted by Crippen LogP contribution is -2.02. The summed E-state index contributed by atoms with van der Waals surface area (Å²) in [5, 5.41) is 0. The molecule has 52 heavy (non-hydrogen) atoms. The van der Waals surface area contributed by atoms with Gasteiger partial charge < -0.3 is 0 Å². The van der Waals surface area contributed by atoms with Gasteiger partial charge in [-0.25, -0.2) is 15.0 Å².